The third-order valence-electron chi connectivity index (χ3n) is 7.68. The van der Waals surface area contributed by atoms with Gasteiger partial charge in [-0.25, -0.2) is 0 Å². The fraction of sp³-hybridized carbons (Fsp3) is 0.513. The number of nitrogens with zero attached hydrogens (tertiary/aromatic N) is 3. The van der Waals surface area contributed by atoms with E-state index in [2.05, 4.69) is 85.7 Å². The van der Waals surface area contributed by atoms with Crippen molar-refractivity contribution in [2.24, 2.45) is 4.99 Å². The Hall–Kier alpha value is -2.93. The molecule has 2 aliphatic rings. The van der Waals surface area contributed by atoms with Crippen molar-refractivity contribution < 1.29 is 0 Å². The summed E-state index contributed by atoms with van der Waals surface area (Å²) in [6.07, 6.45) is 14.8. The molecule has 232 valence electrons. The van der Waals surface area contributed by atoms with E-state index in [0.717, 1.165) is 36.6 Å². The molecule has 0 N–H and O–H groups in total. The first-order chi connectivity index (χ1) is 20.2. The lowest BCUT2D eigenvalue weighted by molar-refractivity contribution is 0.411. The van der Waals surface area contributed by atoms with E-state index in [1.165, 1.54) is 61.0 Å². The zero-order chi connectivity index (χ0) is 32.1. The molecule has 3 heteroatoms. The highest BCUT2D eigenvalue weighted by Gasteiger charge is 2.22. The summed E-state index contributed by atoms with van der Waals surface area (Å²) in [6.45, 7) is 26.8. The number of aryl methyl sites for hydroxylation is 2. The van der Waals surface area contributed by atoms with Gasteiger partial charge in [0.15, 0.2) is 0 Å². The van der Waals surface area contributed by atoms with Gasteiger partial charge in [-0.1, -0.05) is 90.5 Å². The fourth-order valence-corrected chi connectivity index (χ4v) is 4.91. The van der Waals surface area contributed by atoms with E-state index >= 15 is 0 Å². The second-order valence-corrected chi connectivity index (χ2v) is 10.9. The maximum Gasteiger partial charge on any atom is 0.0337 e. The average molecular weight is 572 g/mol. The number of hydrogen-bond acceptors (Lipinski definition) is 3. The second-order valence-electron chi connectivity index (χ2n) is 10.9. The molecule has 2 fully saturated rings. The summed E-state index contributed by atoms with van der Waals surface area (Å²) in [5.74, 6) is 4.19. The summed E-state index contributed by atoms with van der Waals surface area (Å²) in [7, 11) is 6.22. The van der Waals surface area contributed by atoms with E-state index in [0.29, 0.717) is 5.92 Å². The van der Waals surface area contributed by atoms with Crippen LogP contribution in [0.2, 0.25) is 0 Å². The first-order valence-electron chi connectivity index (χ1n) is 16.0. The molecule has 1 aliphatic carbocycles. The Morgan fingerprint density at radius 2 is 1.69 bits per heavy atom. The first-order valence-corrected chi connectivity index (χ1v) is 16.0. The minimum atomic E-state index is 0.701. The van der Waals surface area contributed by atoms with Crippen LogP contribution in [0.4, 0.5) is 0 Å². The van der Waals surface area contributed by atoms with Gasteiger partial charge in [-0.15, -0.1) is 6.42 Å². The molecule has 2 aromatic carbocycles. The molecule has 2 aromatic rings. The Balaban J connectivity index is 0.000000582. The van der Waals surface area contributed by atoms with Gasteiger partial charge in [-0.05, 0) is 119 Å². The van der Waals surface area contributed by atoms with Crippen molar-refractivity contribution in [2.75, 3.05) is 40.8 Å². The molecule has 1 unspecified atom stereocenters. The van der Waals surface area contributed by atoms with Crippen LogP contribution in [0, 0.1) is 19.3 Å². The number of benzene rings is 2. The van der Waals surface area contributed by atoms with Crippen LogP contribution < -0.4 is 0 Å². The van der Waals surface area contributed by atoms with Crippen LogP contribution in [-0.2, 0) is 6.42 Å². The van der Waals surface area contributed by atoms with Gasteiger partial charge >= 0.3 is 0 Å². The normalized spacial score (nSPS) is 15.5. The Morgan fingerprint density at radius 1 is 1.07 bits per heavy atom. The molecule has 0 amide bonds. The molecule has 3 nitrogen and oxygen atoms in total. The highest BCUT2D eigenvalue weighted by Crippen LogP contribution is 2.39. The molecular formula is C39H61N3. The summed E-state index contributed by atoms with van der Waals surface area (Å²) < 4.78 is 0. The predicted octanol–water partition coefficient (Wildman–Crippen LogP) is 9.76. The maximum absolute atomic E-state index is 5.32. The number of likely N-dealkylation sites (tertiary alicyclic amines) is 1. The van der Waals surface area contributed by atoms with Crippen molar-refractivity contribution in [1.29, 1.82) is 0 Å². The zero-order valence-electron chi connectivity index (χ0n) is 28.6. The molecule has 42 heavy (non-hydrogen) atoms. The molecule has 1 saturated heterocycles. The molecule has 0 aromatic heterocycles. The average Bonchev–Trinajstić information content (AvgIpc) is 3.44. The second kappa shape index (κ2) is 22.6. The highest BCUT2D eigenvalue weighted by molar-refractivity contribution is 5.55. The summed E-state index contributed by atoms with van der Waals surface area (Å²) in [5, 5.41) is 0. The van der Waals surface area contributed by atoms with Crippen molar-refractivity contribution >= 4 is 12.8 Å². The number of aliphatic imine (C=N–C) groups is 1. The van der Waals surface area contributed by atoms with Gasteiger partial charge in [0, 0.05) is 30.8 Å². The lowest BCUT2D eigenvalue weighted by Crippen LogP contribution is -2.13. The van der Waals surface area contributed by atoms with Gasteiger partial charge in [-0.3, -0.25) is 4.99 Å². The van der Waals surface area contributed by atoms with Gasteiger partial charge in [0.05, 0.1) is 0 Å². The Kier molecular flexibility index (Phi) is 21.1. The van der Waals surface area contributed by atoms with Gasteiger partial charge < -0.3 is 9.80 Å². The predicted molar refractivity (Wildman–Crippen MR) is 191 cm³/mol. The standard InChI is InChI=1S/C15H20.C13H15N.C7H14N2.2C2H6/c1-4-12-10-13(5-2)15(9-11(12)3)14-7-6-8-14;1-3-11-4-6-12(7-5-11)13-8-9-14(2)10-13;1-7(8-2)5-6-9(3)4;2*1-2/h4,9-10,14H,1,5-8H2,2-3H3;1,4-7,13H,8-10H2,2H3;1-2,5-6H2,3-4H3;2*1-2H3. The van der Waals surface area contributed by atoms with Crippen molar-refractivity contribution in [3.8, 4) is 12.3 Å². The molecule has 1 saturated carbocycles. The SMILES string of the molecule is C#Cc1ccc(C2CCN(C)C2)cc1.C=Cc1cc(CC)c(C2CCC2)cc1C.C=NC(=C)CCN(C)C.CC.CC. The van der Waals surface area contributed by atoms with E-state index < -0.39 is 0 Å². The molecule has 1 atom stereocenters. The van der Waals surface area contributed by atoms with Crippen LogP contribution >= 0.6 is 0 Å². The lowest BCUT2D eigenvalue weighted by Gasteiger charge is -2.28. The largest absolute Gasteiger partial charge is 0.309 e. The lowest BCUT2D eigenvalue weighted by atomic mass is 9.77. The van der Waals surface area contributed by atoms with E-state index in [1.807, 2.05) is 60.0 Å². The van der Waals surface area contributed by atoms with Crippen LogP contribution in [0.15, 0.2) is 60.2 Å². The minimum Gasteiger partial charge on any atom is -0.309 e. The highest BCUT2D eigenvalue weighted by atomic mass is 15.1. The van der Waals surface area contributed by atoms with Gasteiger partial charge in [0.1, 0.15) is 0 Å². The molecule has 1 aliphatic heterocycles. The maximum atomic E-state index is 5.32. The van der Waals surface area contributed by atoms with E-state index in [4.69, 9.17) is 6.42 Å². The van der Waals surface area contributed by atoms with Crippen LogP contribution in [0.5, 0.6) is 0 Å². The van der Waals surface area contributed by atoms with Crippen molar-refractivity contribution in [3.05, 3.63) is 88.6 Å². The molecule has 0 bridgehead atoms. The summed E-state index contributed by atoms with van der Waals surface area (Å²) in [5.41, 5.74) is 9.07. The molecule has 0 radical (unpaired) electrons. The van der Waals surface area contributed by atoms with Crippen LogP contribution in [0.3, 0.4) is 0 Å². The molecular weight excluding hydrogens is 510 g/mol. The topological polar surface area (TPSA) is 18.8 Å². The van der Waals surface area contributed by atoms with Crippen LogP contribution in [0.25, 0.3) is 6.08 Å². The number of hydrogen-bond donors (Lipinski definition) is 0. The van der Waals surface area contributed by atoms with Crippen molar-refractivity contribution in [2.45, 2.75) is 91.9 Å². The van der Waals surface area contributed by atoms with Gasteiger partial charge in [-0.2, -0.15) is 0 Å². The molecule has 1 heterocycles. The third kappa shape index (κ3) is 13.8. The van der Waals surface area contributed by atoms with Crippen molar-refractivity contribution in [1.82, 2.24) is 9.80 Å². The van der Waals surface area contributed by atoms with E-state index in [9.17, 15) is 0 Å². The number of rotatable bonds is 8. The smallest absolute Gasteiger partial charge is 0.0337 e. The van der Waals surface area contributed by atoms with Gasteiger partial charge in [0.2, 0.25) is 0 Å². The molecule has 4 rings (SSSR count). The quantitative estimate of drug-likeness (QED) is 0.232. The van der Waals surface area contributed by atoms with E-state index in [-0.39, 0.29) is 0 Å². The monoisotopic (exact) mass is 571 g/mol. The summed E-state index contributed by atoms with van der Waals surface area (Å²) >= 11 is 0. The van der Waals surface area contributed by atoms with E-state index in [1.54, 1.807) is 5.56 Å². The number of terminal acetylenes is 1. The number of likely N-dealkylation sites (N-methyl/N-ethyl adjacent to an activating group) is 1. The fourth-order valence-electron chi connectivity index (χ4n) is 4.91. The van der Waals surface area contributed by atoms with Crippen LogP contribution in [0.1, 0.15) is 112 Å². The Bertz CT molecular complexity index is 1080. The summed E-state index contributed by atoms with van der Waals surface area (Å²) in [6, 6.07) is 13.1. The van der Waals surface area contributed by atoms with Gasteiger partial charge in [0.25, 0.3) is 0 Å². The zero-order valence-corrected chi connectivity index (χ0v) is 28.6. The molecule has 0 spiro atoms. The Morgan fingerprint density at radius 3 is 2.10 bits per heavy atom. The third-order valence-corrected chi connectivity index (χ3v) is 7.68. The summed E-state index contributed by atoms with van der Waals surface area (Å²) in [4.78, 5) is 8.16. The Labute approximate surface area is 260 Å². The van der Waals surface area contributed by atoms with Crippen LogP contribution in [-0.4, -0.2) is 57.3 Å². The van der Waals surface area contributed by atoms with Crippen molar-refractivity contribution in [3.63, 3.8) is 0 Å². The minimum absolute atomic E-state index is 0.701. The first kappa shape index (κ1) is 39.1.